The van der Waals surface area contributed by atoms with E-state index in [2.05, 4.69) is 28.8 Å². The van der Waals surface area contributed by atoms with E-state index >= 15 is 0 Å². The summed E-state index contributed by atoms with van der Waals surface area (Å²) in [7, 11) is 0. The predicted molar refractivity (Wildman–Crippen MR) is 96.3 cm³/mol. The lowest BCUT2D eigenvalue weighted by Crippen LogP contribution is -2.42. The minimum Gasteiger partial charge on any atom is -0.335 e. The first-order valence-corrected chi connectivity index (χ1v) is 9.72. The van der Waals surface area contributed by atoms with E-state index < -0.39 is 0 Å². The lowest BCUT2D eigenvalue weighted by Gasteiger charge is -2.39. The van der Waals surface area contributed by atoms with E-state index in [0.29, 0.717) is 12.0 Å². The number of fused-ring (bicyclic) bond motifs is 2. The van der Waals surface area contributed by atoms with E-state index in [0.717, 1.165) is 35.0 Å². The normalized spacial score (nSPS) is 31.1. The van der Waals surface area contributed by atoms with E-state index in [9.17, 15) is 4.79 Å². The molecule has 2 saturated carbocycles. The molecule has 0 radical (unpaired) electrons. The minimum absolute atomic E-state index is 0.171. The lowest BCUT2D eigenvalue weighted by molar-refractivity contribution is 0.0632. The minimum atomic E-state index is 0.171. The van der Waals surface area contributed by atoms with Crippen LogP contribution in [0.1, 0.15) is 62.4 Å². The molecule has 2 saturated heterocycles. The maximum atomic E-state index is 13.3. The third kappa shape index (κ3) is 2.47. The van der Waals surface area contributed by atoms with Gasteiger partial charge in [0.2, 0.25) is 0 Å². The first-order chi connectivity index (χ1) is 12.1. The van der Waals surface area contributed by atoms with Gasteiger partial charge in [-0.2, -0.15) is 5.10 Å². The summed E-state index contributed by atoms with van der Waals surface area (Å²) >= 11 is 0. The second kappa shape index (κ2) is 5.55. The Kier molecular flexibility index (Phi) is 3.41. The number of hydrogen-bond donors (Lipinski definition) is 0. The van der Waals surface area contributed by atoms with Gasteiger partial charge < -0.3 is 4.90 Å². The van der Waals surface area contributed by atoms with Crippen LogP contribution in [0.15, 0.2) is 18.5 Å². The van der Waals surface area contributed by atoms with Crippen LogP contribution in [0, 0.1) is 17.8 Å². The standard InChI is InChI=1S/C20H26N4O/c1-12(2)24-19-16(10-22-24)8-17(9-21-19)20(25)23-11-15-4-13-3-14(5-15)7-18(23)6-13/h8-10,12-15,18H,3-7,11H2,1-2H3. The SMILES string of the molecule is CC(C)n1ncc2cc(C(=O)N3CC4CC5CC(C4)CC3C5)cnc21. The van der Waals surface area contributed by atoms with E-state index in [1.807, 2.05) is 16.9 Å². The van der Waals surface area contributed by atoms with Crippen LogP contribution in [0.4, 0.5) is 0 Å². The van der Waals surface area contributed by atoms with Crippen molar-refractivity contribution in [2.75, 3.05) is 6.54 Å². The highest BCUT2D eigenvalue weighted by Crippen LogP contribution is 2.47. The van der Waals surface area contributed by atoms with Gasteiger partial charge in [-0.25, -0.2) is 9.67 Å². The molecule has 4 aliphatic rings. The van der Waals surface area contributed by atoms with Gasteiger partial charge in [-0.3, -0.25) is 4.79 Å². The molecule has 4 bridgehead atoms. The van der Waals surface area contributed by atoms with Crippen molar-refractivity contribution in [3.8, 4) is 0 Å². The second-order valence-corrected chi connectivity index (χ2v) is 8.71. The quantitative estimate of drug-likeness (QED) is 0.839. The Bertz CT molecular complexity index is 812. The van der Waals surface area contributed by atoms with Crippen molar-refractivity contribution in [1.82, 2.24) is 19.7 Å². The maximum Gasteiger partial charge on any atom is 0.255 e. The first kappa shape index (κ1) is 15.4. The molecule has 0 N–H and O–H groups in total. The Morgan fingerprint density at radius 2 is 1.80 bits per heavy atom. The Morgan fingerprint density at radius 3 is 2.52 bits per heavy atom. The summed E-state index contributed by atoms with van der Waals surface area (Å²) in [5, 5.41) is 5.38. The van der Waals surface area contributed by atoms with Crippen molar-refractivity contribution in [1.29, 1.82) is 0 Å². The van der Waals surface area contributed by atoms with Gasteiger partial charge in [0.15, 0.2) is 5.65 Å². The highest BCUT2D eigenvalue weighted by Gasteiger charge is 2.44. The number of nitrogens with zero attached hydrogens (tertiary/aromatic N) is 4. The molecule has 6 rings (SSSR count). The number of pyridine rings is 1. The molecular formula is C20H26N4O. The summed E-state index contributed by atoms with van der Waals surface area (Å²) in [5.74, 6) is 2.58. The fraction of sp³-hybridized carbons (Fsp3) is 0.650. The number of carbonyl (C=O) groups is 1. The van der Waals surface area contributed by atoms with Crippen molar-refractivity contribution < 1.29 is 4.79 Å². The van der Waals surface area contributed by atoms with Crippen molar-refractivity contribution >= 4 is 16.9 Å². The van der Waals surface area contributed by atoms with Gasteiger partial charge in [0.1, 0.15) is 0 Å². The average molecular weight is 338 g/mol. The van der Waals surface area contributed by atoms with Crippen LogP contribution in [0.2, 0.25) is 0 Å². The highest BCUT2D eigenvalue weighted by atomic mass is 16.2. The van der Waals surface area contributed by atoms with E-state index in [-0.39, 0.29) is 11.9 Å². The Morgan fingerprint density at radius 1 is 1.08 bits per heavy atom. The summed E-state index contributed by atoms with van der Waals surface area (Å²) in [5.41, 5.74) is 1.58. The van der Waals surface area contributed by atoms with Crippen LogP contribution in [0.25, 0.3) is 11.0 Å². The number of hydrogen-bond acceptors (Lipinski definition) is 3. The van der Waals surface area contributed by atoms with Gasteiger partial charge in [-0.15, -0.1) is 0 Å². The second-order valence-electron chi connectivity index (χ2n) is 8.71. The zero-order chi connectivity index (χ0) is 17.1. The van der Waals surface area contributed by atoms with Crippen LogP contribution in [-0.4, -0.2) is 38.2 Å². The molecule has 2 atom stereocenters. The molecule has 5 nitrogen and oxygen atoms in total. The van der Waals surface area contributed by atoms with E-state index in [1.165, 1.54) is 32.1 Å². The van der Waals surface area contributed by atoms with Gasteiger partial charge in [-0.05, 0) is 69.8 Å². The Hall–Kier alpha value is -1.91. The summed E-state index contributed by atoms with van der Waals surface area (Å²) in [4.78, 5) is 20.0. The van der Waals surface area contributed by atoms with Crippen LogP contribution >= 0.6 is 0 Å². The number of aromatic nitrogens is 3. The number of rotatable bonds is 2. The molecule has 2 aliphatic heterocycles. The van der Waals surface area contributed by atoms with Gasteiger partial charge in [0.25, 0.3) is 5.91 Å². The molecule has 0 aromatic carbocycles. The third-order valence-electron chi connectivity index (χ3n) is 6.54. The van der Waals surface area contributed by atoms with E-state index in [1.54, 1.807) is 6.20 Å². The molecule has 5 heteroatoms. The topological polar surface area (TPSA) is 51.0 Å². The van der Waals surface area contributed by atoms with Crippen LogP contribution in [0.3, 0.4) is 0 Å². The van der Waals surface area contributed by atoms with Crippen molar-refractivity contribution in [3.63, 3.8) is 0 Å². The lowest BCUT2D eigenvalue weighted by atomic mass is 9.68. The van der Waals surface area contributed by atoms with Crippen molar-refractivity contribution in [2.45, 2.75) is 58.0 Å². The molecule has 1 amide bonds. The fourth-order valence-corrected chi connectivity index (χ4v) is 5.63. The van der Waals surface area contributed by atoms with Gasteiger partial charge in [-0.1, -0.05) is 0 Å². The molecule has 25 heavy (non-hydrogen) atoms. The molecule has 2 unspecified atom stereocenters. The molecule has 0 spiro atoms. The predicted octanol–water partition coefficient (Wildman–Crippen LogP) is 3.66. The largest absolute Gasteiger partial charge is 0.335 e. The van der Waals surface area contributed by atoms with Crippen LogP contribution < -0.4 is 0 Å². The summed E-state index contributed by atoms with van der Waals surface area (Å²) in [6.07, 6.45) is 10.1. The van der Waals surface area contributed by atoms with Gasteiger partial charge >= 0.3 is 0 Å². The third-order valence-corrected chi connectivity index (χ3v) is 6.54. The molecule has 2 aromatic rings. The first-order valence-electron chi connectivity index (χ1n) is 9.72. The van der Waals surface area contributed by atoms with E-state index in [4.69, 9.17) is 0 Å². The smallest absolute Gasteiger partial charge is 0.255 e. The molecule has 2 aliphatic carbocycles. The average Bonchev–Trinajstić information content (AvgIpc) is 2.91. The Balaban J connectivity index is 1.47. The van der Waals surface area contributed by atoms with Gasteiger partial charge in [0.05, 0.1) is 11.8 Å². The summed E-state index contributed by atoms with van der Waals surface area (Å²) in [6, 6.07) is 2.69. The van der Waals surface area contributed by atoms with Crippen LogP contribution in [0.5, 0.6) is 0 Å². The van der Waals surface area contributed by atoms with Crippen molar-refractivity contribution in [2.24, 2.45) is 17.8 Å². The molecule has 4 heterocycles. The number of carbonyl (C=O) groups excluding carboxylic acids is 1. The summed E-state index contributed by atoms with van der Waals surface area (Å²) in [6.45, 7) is 5.13. The van der Waals surface area contributed by atoms with Gasteiger partial charge in [0, 0.05) is 30.2 Å². The number of amides is 1. The maximum absolute atomic E-state index is 13.3. The monoisotopic (exact) mass is 338 g/mol. The Labute approximate surface area is 148 Å². The zero-order valence-electron chi connectivity index (χ0n) is 15.1. The fourth-order valence-electron chi connectivity index (χ4n) is 5.63. The molecule has 132 valence electrons. The molecule has 4 fully saturated rings. The highest BCUT2D eigenvalue weighted by molar-refractivity contribution is 5.97. The van der Waals surface area contributed by atoms with Crippen LogP contribution in [-0.2, 0) is 0 Å². The van der Waals surface area contributed by atoms with Crippen molar-refractivity contribution in [3.05, 3.63) is 24.0 Å². The molecular weight excluding hydrogens is 312 g/mol. The zero-order valence-corrected chi connectivity index (χ0v) is 15.1. The molecule has 2 aromatic heterocycles. The summed E-state index contributed by atoms with van der Waals surface area (Å²) < 4.78 is 1.91.